The number of rotatable bonds is 6. The molecular weight excluding hydrogens is 370 g/mol. The molecule has 1 aliphatic rings. The minimum absolute atomic E-state index is 0.0172. The Hall–Kier alpha value is -1.67. The first-order chi connectivity index (χ1) is 12.4. The van der Waals surface area contributed by atoms with Crippen molar-refractivity contribution in [2.75, 3.05) is 17.3 Å². The third-order valence-electron chi connectivity index (χ3n) is 4.79. The highest BCUT2D eigenvalue weighted by Crippen LogP contribution is 2.27. The number of amides is 1. The fraction of sp³-hybridized carbons (Fsp3) is 0.500. The second-order valence-electron chi connectivity index (χ2n) is 6.60. The van der Waals surface area contributed by atoms with Crippen molar-refractivity contribution in [3.63, 3.8) is 0 Å². The maximum Gasteiger partial charge on any atom is 0.233 e. The van der Waals surface area contributed by atoms with E-state index in [4.69, 9.17) is 0 Å². The Morgan fingerprint density at radius 1 is 1.35 bits per heavy atom. The van der Waals surface area contributed by atoms with Gasteiger partial charge in [-0.15, -0.1) is 0 Å². The molecule has 1 aromatic heterocycles. The predicted octanol–water partition coefficient (Wildman–Crippen LogP) is 2.54. The lowest BCUT2D eigenvalue weighted by Gasteiger charge is -2.33. The maximum absolute atomic E-state index is 12.9. The summed E-state index contributed by atoms with van der Waals surface area (Å²) in [6.07, 6.45) is 2.83. The number of para-hydroxylation sites is 1. The molecule has 0 aliphatic carbocycles. The van der Waals surface area contributed by atoms with Crippen LogP contribution in [0.15, 0.2) is 35.6 Å². The third-order valence-corrected chi connectivity index (χ3v) is 7.53. The van der Waals surface area contributed by atoms with Gasteiger partial charge in [0.05, 0.1) is 22.8 Å². The molecule has 0 saturated carbocycles. The monoisotopic (exact) mass is 393 g/mol. The van der Waals surface area contributed by atoms with Gasteiger partial charge < -0.3 is 4.90 Å². The van der Waals surface area contributed by atoms with E-state index in [-0.39, 0.29) is 35.2 Å². The van der Waals surface area contributed by atoms with Crippen LogP contribution in [0.4, 0.5) is 0 Å². The largest absolute Gasteiger partial charge is 0.335 e. The second-order valence-corrected chi connectivity index (χ2v) is 9.79. The molecular formula is C18H23N3O3S2. The van der Waals surface area contributed by atoms with Crippen LogP contribution in [0.3, 0.4) is 0 Å². The Morgan fingerprint density at radius 3 is 2.81 bits per heavy atom. The molecule has 0 N–H and O–H groups in total. The van der Waals surface area contributed by atoms with Gasteiger partial charge in [-0.05, 0) is 25.8 Å². The Kier molecular flexibility index (Phi) is 5.82. The van der Waals surface area contributed by atoms with Crippen molar-refractivity contribution in [1.82, 2.24) is 14.9 Å². The molecule has 0 bridgehead atoms. The molecule has 1 amide bonds. The van der Waals surface area contributed by atoms with Crippen molar-refractivity contribution in [3.05, 3.63) is 30.6 Å². The van der Waals surface area contributed by atoms with Crippen LogP contribution in [-0.4, -0.2) is 58.5 Å². The van der Waals surface area contributed by atoms with E-state index in [0.29, 0.717) is 6.42 Å². The molecule has 1 aliphatic heterocycles. The van der Waals surface area contributed by atoms with E-state index in [9.17, 15) is 13.2 Å². The first-order valence-electron chi connectivity index (χ1n) is 8.75. The zero-order valence-corrected chi connectivity index (χ0v) is 16.6. The molecule has 1 fully saturated rings. The van der Waals surface area contributed by atoms with Gasteiger partial charge in [-0.25, -0.2) is 18.4 Å². The van der Waals surface area contributed by atoms with Crippen LogP contribution in [0.1, 0.15) is 26.7 Å². The maximum atomic E-state index is 12.9. The van der Waals surface area contributed by atoms with Crippen LogP contribution in [0.5, 0.6) is 0 Å². The highest BCUT2D eigenvalue weighted by Gasteiger charge is 2.36. The quantitative estimate of drug-likeness (QED) is 0.554. The summed E-state index contributed by atoms with van der Waals surface area (Å²) in [5.41, 5.74) is 0.845. The van der Waals surface area contributed by atoms with E-state index in [1.807, 2.05) is 38.1 Å². The molecule has 8 heteroatoms. The van der Waals surface area contributed by atoms with Gasteiger partial charge in [0.2, 0.25) is 5.91 Å². The number of carbonyl (C=O) groups is 1. The summed E-state index contributed by atoms with van der Waals surface area (Å²) in [7, 11) is -3.03. The minimum atomic E-state index is -3.03. The Labute approximate surface area is 158 Å². The molecule has 140 valence electrons. The number of thioether (sulfide) groups is 1. The van der Waals surface area contributed by atoms with Crippen LogP contribution >= 0.6 is 11.8 Å². The normalized spacial score (nSPS) is 20.2. The number of aromatic nitrogens is 2. The summed E-state index contributed by atoms with van der Waals surface area (Å²) in [6, 6.07) is 7.50. The van der Waals surface area contributed by atoms with Gasteiger partial charge in [-0.2, -0.15) is 0 Å². The highest BCUT2D eigenvalue weighted by molar-refractivity contribution is 8.00. The lowest BCUT2D eigenvalue weighted by atomic mass is 10.1. The number of benzene rings is 1. The van der Waals surface area contributed by atoms with Crippen LogP contribution in [0.2, 0.25) is 0 Å². The van der Waals surface area contributed by atoms with Gasteiger partial charge in [0.1, 0.15) is 11.4 Å². The Morgan fingerprint density at radius 2 is 2.12 bits per heavy atom. The van der Waals surface area contributed by atoms with Crippen molar-refractivity contribution in [2.45, 2.75) is 43.8 Å². The van der Waals surface area contributed by atoms with Gasteiger partial charge in [-0.1, -0.05) is 36.9 Å². The van der Waals surface area contributed by atoms with Gasteiger partial charge in [0.25, 0.3) is 0 Å². The second kappa shape index (κ2) is 7.92. The summed E-state index contributed by atoms with van der Waals surface area (Å²) < 4.78 is 23.7. The molecule has 2 aromatic rings. The van der Waals surface area contributed by atoms with Crippen LogP contribution in [0.25, 0.3) is 10.9 Å². The van der Waals surface area contributed by atoms with Gasteiger partial charge in [0, 0.05) is 17.5 Å². The summed E-state index contributed by atoms with van der Waals surface area (Å²) in [4.78, 5) is 23.2. The lowest BCUT2D eigenvalue weighted by Crippen LogP contribution is -2.47. The van der Waals surface area contributed by atoms with Crippen molar-refractivity contribution in [3.8, 4) is 0 Å². The molecule has 26 heavy (non-hydrogen) atoms. The molecule has 0 radical (unpaired) electrons. The minimum Gasteiger partial charge on any atom is -0.335 e. The summed E-state index contributed by atoms with van der Waals surface area (Å²) in [6.45, 7) is 3.99. The standard InChI is InChI=1S/C18H23N3O3S2/c1-3-13(2)21(14-8-9-26(23,24)11-14)17(22)10-25-18-15-6-4-5-7-16(15)19-12-20-18/h4-7,12-14H,3,8-11H2,1-2H3. The molecule has 2 heterocycles. The van der Waals surface area contributed by atoms with Crippen LogP contribution in [-0.2, 0) is 14.6 Å². The zero-order valence-electron chi connectivity index (χ0n) is 15.0. The van der Waals surface area contributed by atoms with Crippen molar-refractivity contribution >= 4 is 38.4 Å². The number of fused-ring (bicyclic) bond motifs is 1. The number of carbonyl (C=O) groups excluding carboxylic acids is 1. The first kappa shape index (κ1) is 19.1. The number of sulfone groups is 1. The highest BCUT2D eigenvalue weighted by atomic mass is 32.2. The molecule has 1 aromatic carbocycles. The third kappa shape index (κ3) is 4.17. The van der Waals surface area contributed by atoms with Crippen molar-refractivity contribution < 1.29 is 13.2 Å². The molecule has 0 spiro atoms. The average molecular weight is 394 g/mol. The van der Waals surface area contributed by atoms with E-state index >= 15 is 0 Å². The molecule has 6 nitrogen and oxygen atoms in total. The van der Waals surface area contributed by atoms with Crippen LogP contribution in [0, 0.1) is 0 Å². The predicted molar refractivity (Wildman–Crippen MR) is 104 cm³/mol. The number of hydrogen-bond acceptors (Lipinski definition) is 6. The smallest absolute Gasteiger partial charge is 0.233 e. The Balaban J connectivity index is 1.75. The zero-order chi connectivity index (χ0) is 18.7. The van der Waals surface area contributed by atoms with E-state index < -0.39 is 9.84 Å². The summed E-state index contributed by atoms with van der Waals surface area (Å²) >= 11 is 1.38. The molecule has 2 unspecified atom stereocenters. The first-order valence-corrected chi connectivity index (χ1v) is 11.6. The Bertz CT molecular complexity index is 896. The van der Waals surface area contributed by atoms with Gasteiger partial charge >= 0.3 is 0 Å². The lowest BCUT2D eigenvalue weighted by molar-refractivity contribution is -0.132. The van der Waals surface area contributed by atoms with Crippen molar-refractivity contribution in [2.24, 2.45) is 0 Å². The van der Waals surface area contributed by atoms with E-state index in [1.165, 1.54) is 18.1 Å². The summed E-state index contributed by atoms with van der Waals surface area (Å²) in [5, 5.41) is 1.69. The van der Waals surface area contributed by atoms with E-state index in [2.05, 4.69) is 9.97 Å². The SMILES string of the molecule is CCC(C)N(C(=O)CSc1ncnc2ccccc12)C1CCS(=O)(=O)C1. The van der Waals surface area contributed by atoms with Crippen LogP contribution < -0.4 is 0 Å². The van der Waals surface area contributed by atoms with Crippen molar-refractivity contribution in [1.29, 1.82) is 0 Å². The van der Waals surface area contributed by atoms with Gasteiger partial charge in [-0.3, -0.25) is 4.79 Å². The molecule has 1 saturated heterocycles. The topological polar surface area (TPSA) is 80.2 Å². The fourth-order valence-electron chi connectivity index (χ4n) is 3.30. The van der Waals surface area contributed by atoms with Gasteiger partial charge in [0.15, 0.2) is 9.84 Å². The average Bonchev–Trinajstić information content (AvgIpc) is 2.99. The number of nitrogens with zero attached hydrogens (tertiary/aromatic N) is 3. The number of hydrogen-bond donors (Lipinski definition) is 0. The molecule has 2 atom stereocenters. The van der Waals surface area contributed by atoms with E-state index in [0.717, 1.165) is 22.3 Å². The fourth-order valence-corrected chi connectivity index (χ4v) is 5.87. The summed E-state index contributed by atoms with van der Waals surface area (Å²) in [5.74, 6) is 0.447. The van der Waals surface area contributed by atoms with E-state index in [1.54, 1.807) is 4.90 Å². The molecule has 3 rings (SSSR count).